The lowest BCUT2D eigenvalue weighted by molar-refractivity contribution is -0.147. The van der Waals surface area contributed by atoms with E-state index in [0.29, 0.717) is 6.54 Å². The molecule has 1 unspecified atom stereocenters. The second-order valence-corrected chi connectivity index (χ2v) is 5.10. The summed E-state index contributed by atoms with van der Waals surface area (Å²) in [6, 6.07) is 7.52. The van der Waals surface area contributed by atoms with Crippen LogP contribution in [0.2, 0.25) is 0 Å². The van der Waals surface area contributed by atoms with Crippen molar-refractivity contribution in [3.63, 3.8) is 0 Å². The molecule has 1 aromatic rings. The Morgan fingerprint density at radius 2 is 1.95 bits per heavy atom. The van der Waals surface area contributed by atoms with E-state index in [-0.39, 0.29) is 30.8 Å². The molecule has 22 heavy (non-hydrogen) atoms. The van der Waals surface area contributed by atoms with Gasteiger partial charge in [0.15, 0.2) is 5.78 Å². The van der Waals surface area contributed by atoms with Gasteiger partial charge in [-0.05, 0) is 31.5 Å². The zero-order chi connectivity index (χ0) is 16.5. The third-order valence-electron chi connectivity index (χ3n) is 2.92. The molecule has 0 bridgehead atoms. The molecule has 0 aromatic heterocycles. The van der Waals surface area contributed by atoms with Crippen LogP contribution >= 0.6 is 0 Å². The average molecular weight is 306 g/mol. The van der Waals surface area contributed by atoms with Crippen molar-refractivity contribution in [2.75, 3.05) is 18.5 Å². The number of carbonyl (C=O) groups is 3. The van der Waals surface area contributed by atoms with E-state index in [0.717, 1.165) is 11.3 Å². The molecule has 0 aliphatic carbocycles. The normalized spacial score (nSPS) is 11.6. The summed E-state index contributed by atoms with van der Waals surface area (Å²) >= 11 is 0. The number of hydrogen-bond acceptors (Lipinski definition) is 5. The highest BCUT2D eigenvalue weighted by molar-refractivity contribution is 5.88. The smallest absolute Gasteiger partial charge is 0.307 e. The molecule has 1 rings (SSSR count). The molecule has 1 aromatic carbocycles. The summed E-state index contributed by atoms with van der Waals surface area (Å²) in [5.41, 5.74) is 1.74. The fraction of sp³-hybridized carbons (Fsp3) is 0.438. The van der Waals surface area contributed by atoms with Crippen molar-refractivity contribution in [1.29, 1.82) is 0 Å². The van der Waals surface area contributed by atoms with E-state index in [1.165, 1.54) is 13.8 Å². The van der Waals surface area contributed by atoms with Crippen LogP contribution in [0.5, 0.6) is 0 Å². The number of Topliss-reactive ketones (excluding diaryl/α,β-unsaturated/α-hetero) is 1. The standard InChI is InChI=1S/C16H22N2O4/c1-11(19)10-22-16(21)7-8-17-12(2)14-5-4-6-15(9-14)18-13(3)20/h4-6,9,12,17H,7-8,10H2,1-3H3,(H,18,20). The van der Waals surface area contributed by atoms with Crippen molar-refractivity contribution in [2.24, 2.45) is 0 Å². The summed E-state index contributed by atoms with van der Waals surface area (Å²) in [5.74, 6) is -0.697. The highest BCUT2D eigenvalue weighted by Gasteiger charge is 2.08. The van der Waals surface area contributed by atoms with E-state index in [1.807, 2.05) is 31.2 Å². The van der Waals surface area contributed by atoms with Crippen LogP contribution in [0.3, 0.4) is 0 Å². The topological polar surface area (TPSA) is 84.5 Å². The Morgan fingerprint density at radius 3 is 2.59 bits per heavy atom. The summed E-state index contributed by atoms with van der Waals surface area (Å²) in [5, 5.41) is 5.93. The second kappa shape index (κ2) is 8.94. The second-order valence-electron chi connectivity index (χ2n) is 5.10. The van der Waals surface area contributed by atoms with Crippen molar-refractivity contribution in [1.82, 2.24) is 5.32 Å². The zero-order valence-corrected chi connectivity index (χ0v) is 13.1. The third-order valence-corrected chi connectivity index (χ3v) is 2.92. The van der Waals surface area contributed by atoms with Crippen molar-refractivity contribution in [2.45, 2.75) is 33.2 Å². The van der Waals surface area contributed by atoms with Crippen LogP contribution in [-0.4, -0.2) is 30.8 Å². The van der Waals surface area contributed by atoms with Gasteiger partial charge in [0.05, 0.1) is 6.42 Å². The maximum Gasteiger partial charge on any atom is 0.307 e. The molecule has 120 valence electrons. The Kier molecular flexibility index (Phi) is 7.25. The van der Waals surface area contributed by atoms with Gasteiger partial charge in [0.25, 0.3) is 0 Å². The quantitative estimate of drug-likeness (QED) is 0.716. The first-order valence-electron chi connectivity index (χ1n) is 7.14. The van der Waals surface area contributed by atoms with Crippen LogP contribution in [0.4, 0.5) is 5.69 Å². The molecule has 0 aliphatic rings. The van der Waals surface area contributed by atoms with Gasteiger partial charge in [0.2, 0.25) is 5.91 Å². The van der Waals surface area contributed by atoms with Gasteiger partial charge in [-0.1, -0.05) is 12.1 Å². The maximum atomic E-state index is 11.4. The van der Waals surface area contributed by atoms with Gasteiger partial charge in [-0.2, -0.15) is 0 Å². The predicted molar refractivity (Wildman–Crippen MR) is 83.4 cm³/mol. The van der Waals surface area contributed by atoms with Crippen LogP contribution in [0.1, 0.15) is 38.8 Å². The molecule has 2 N–H and O–H groups in total. The molecule has 0 fully saturated rings. The summed E-state index contributed by atoms with van der Waals surface area (Å²) in [6.45, 7) is 5.07. The van der Waals surface area contributed by atoms with Gasteiger partial charge in [0, 0.05) is 25.2 Å². The Hall–Kier alpha value is -2.21. The first-order chi connectivity index (χ1) is 10.4. The summed E-state index contributed by atoms with van der Waals surface area (Å²) in [4.78, 5) is 33.1. The van der Waals surface area contributed by atoms with Gasteiger partial charge in [0.1, 0.15) is 6.61 Å². The van der Waals surface area contributed by atoms with Crippen LogP contribution < -0.4 is 10.6 Å². The monoisotopic (exact) mass is 306 g/mol. The van der Waals surface area contributed by atoms with Crippen LogP contribution in [-0.2, 0) is 19.1 Å². The summed E-state index contributed by atoms with van der Waals surface area (Å²) < 4.78 is 4.78. The number of rotatable bonds is 8. The largest absolute Gasteiger partial charge is 0.458 e. The molecule has 6 nitrogen and oxygen atoms in total. The Labute approximate surface area is 130 Å². The molecule has 0 radical (unpaired) electrons. The number of ketones is 1. The lowest BCUT2D eigenvalue weighted by Crippen LogP contribution is -2.23. The average Bonchev–Trinajstić information content (AvgIpc) is 2.44. The first kappa shape index (κ1) is 17.8. The molecule has 0 aliphatic heterocycles. The van der Waals surface area contributed by atoms with E-state index in [1.54, 1.807) is 0 Å². The van der Waals surface area contributed by atoms with Gasteiger partial charge < -0.3 is 15.4 Å². The lowest BCUT2D eigenvalue weighted by atomic mass is 10.1. The fourth-order valence-corrected chi connectivity index (χ4v) is 1.85. The summed E-state index contributed by atoms with van der Waals surface area (Å²) in [6.07, 6.45) is 0.197. The van der Waals surface area contributed by atoms with Crippen LogP contribution in [0.15, 0.2) is 24.3 Å². The minimum atomic E-state index is -0.401. The Bertz CT molecular complexity index is 543. The molecular formula is C16H22N2O4. The van der Waals surface area contributed by atoms with Crippen molar-refractivity contribution in [3.8, 4) is 0 Å². The number of hydrogen-bond donors (Lipinski definition) is 2. The molecule has 0 saturated heterocycles. The predicted octanol–water partition coefficient (Wildman–Crippen LogP) is 1.82. The Morgan fingerprint density at radius 1 is 1.23 bits per heavy atom. The van der Waals surface area contributed by atoms with E-state index in [9.17, 15) is 14.4 Å². The maximum absolute atomic E-state index is 11.4. The highest BCUT2D eigenvalue weighted by atomic mass is 16.5. The van der Waals surface area contributed by atoms with Crippen molar-refractivity contribution < 1.29 is 19.1 Å². The van der Waals surface area contributed by atoms with Gasteiger partial charge in [-0.3, -0.25) is 14.4 Å². The molecule has 1 amide bonds. The lowest BCUT2D eigenvalue weighted by Gasteiger charge is -2.15. The number of nitrogens with one attached hydrogen (secondary N) is 2. The van der Waals surface area contributed by atoms with E-state index >= 15 is 0 Å². The molecule has 0 spiro atoms. The number of esters is 1. The molecular weight excluding hydrogens is 284 g/mol. The molecule has 0 heterocycles. The molecule has 1 atom stereocenters. The summed E-state index contributed by atoms with van der Waals surface area (Å²) in [7, 11) is 0. The molecule has 6 heteroatoms. The number of amides is 1. The zero-order valence-electron chi connectivity index (χ0n) is 13.1. The van der Waals surface area contributed by atoms with Crippen LogP contribution in [0.25, 0.3) is 0 Å². The van der Waals surface area contributed by atoms with Gasteiger partial charge >= 0.3 is 5.97 Å². The number of benzene rings is 1. The van der Waals surface area contributed by atoms with E-state index in [4.69, 9.17) is 4.74 Å². The Balaban J connectivity index is 2.42. The number of carbonyl (C=O) groups excluding carboxylic acids is 3. The van der Waals surface area contributed by atoms with E-state index in [2.05, 4.69) is 10.6 Å². The number of anilines is 1. The minimum Gasteiger partial charge on any atom is -0.458 e. The first-order valence-corrected chi connectivity index (χ1v) is 7.14. The van der Waals surface area contributed by atoms with E-state index < -0.39 is 5.97 Å². The van der Waals surface area contributed by atoms with Crippen molar-refractivity contribution in [3.05, 3.63) is 29.8 Å². The van der Waals surface area contributed by atoms with Gasteiger partial charge in [-0.25, -0.2) is 0 Å². The molecule has 0 saturated carbocycles. The van der Waals surface area contributed by atoms with Gasteiger partial charge in [-0.15, -0.1) is 0 Å². The van der Waals surface area contributed by atoms with Crippen molar-refractivity contribution >= 4 is 23.3 Å². The third kappa shape index (κ3) is 6.99. The SMILES string of the molecule is CC(=O)COC(=O)CCNC(C)c1cccc(NC(C)=O)c1. The highest BCUT2D eigenvalue weighted by Crippen LogP contribution is 2.17. The van der Waals surface area contributed by atoms with Crippen LogP contribution in [0, 0.1) is 0 Å². The minimum absolute atomic E-state index is 0.0225. The fourth-order valence-electron chi connectivity index (χ4n) is 1.85. The number of ether oxygens (including phenoxy) is 1.